The molecule has 128 valence electrons. The highest BCUT2D eigenvalue weighted by Crippen LogP contribution is 2.38. The first-order valence-electron chi connectivity index (χ1n) is 7.68. The van der Waals surface area contributed by atoms with Gasteiger partial charge in [0.05, 0.1) is 4.88 Å². The van der Waals surface area contributed by atoms with E-state index in [4.69, 9.17) is 23.2 Å². The van der Waals surface area contributed by atoms with Gasteiger partial charge >= 0.3 is 0 Å². The van der Waals surface area contributed by atoms with Crippen molar-refractivity contribution in [2.45, 2.75) is 18.7 Å². The Balaban J connectivity index is 2.00. The summed E-state index contributed by atoms with van der Waals surface area (Å²) in [5.74, 6) is -0.449. The van der Waals surface area contributed by atoms with Crippen molar-refractivity contribution in [1.82, 2.24) is 4.98 Å². The van der Waals surface area contributed by atoms with Gasteiger partial charge in [-0.05, 0) is 31.0 Å². The lowest BCUT2D eigenvalue weighted by Crippen LogP contribution is -2.18. The van der Waals surface area contributed by atoms with E-state index in [0.717, 1.165) is 21.0 Å². The SMILES string of the molecule is Cc1cccc(C)c1-c1ncc(-c2ccccc2NC(=O)C(Cl)Cl)s1. The lowest BCUT2D eigenvalue weighted by molar-refractivity contribution is -0.114. The van der Waals surface area contributed by atoms with Gasteiger partial charge in [0.15, 0.2) is 4.84 Å². The first-order chi connectivity index (χ1) is 12.0. The summed E-state index contributed by atoms with van der Waals surface area (Å²) in [6.45, 7) is 4.16. The number of aryl methyl sites for hydroxylation is 2. The van der Waals surface area contributed by atoms with Crippen LogP contribution in [0.4, 0.5) is 5.69 Å². The molecule has 0 radical (unpaired) electrons. The summed E-state index contributed by atoms with van der Waals surface area (Å²) in [5, 5.41) is 3.71. The Morgan fingerprint density at radius 3 is 2.44 bits per heavy atom. The van der Waals surface area contributed by atoms with Crippen LogP contribution in [0, 0.1) is 13.8 Å². The van der Waals surface area contributed by atoms with E-state index in [0.29, 0.717) is 5.69 Å². The van der Waals surface area contributed by atoms with E-state index in [1.165, 1.54) is 11.1 Å². The number of rotatable bonds is 4. The van der Waals surface area contributed by atoms with E-state index in [-0.39, 0.29) is 0 Å². The first kappa shape index (κ1) is 17.9. The van der Waals surface area contributed by atoms with Crippen LogP contribution in [0.1, 0.15) is 11.1 Å². The molecule has 25 heavy (non-hydrogen) atoms. The lowest BCUT2D eigenvalue weighted by Gasteiger charge is -2.10. The van der Waals surface area contributed by atoms with Crippen LogP contribution in [0.15, 0.2) is 48.7 Å². The van der Waals surface area contributed by atoms with E-state index in [1.54, 1.807) is 11.3 Å². The van der Waals surface area contributed by atoms with Gasteiger partial charge in [-0.2, -0.15) is 0 Å². The van der Waals surface area contributed by atoms with E-state index < -0.39 is 10.7 Å². The van der Waals surface area contributed by atoms with E-state index in [2.05, 4.69) is 36.3 Å². The van der Waals surface area contributed by atoms with Crippen molar-refractivity contribution < 1.29 is 4.79 Å². The molecule has 3 aromatic rings. The molecule has 0 atom stereocenters. The summed E-state index contributed by atoms with van der Waals surface area (Å²) in [6.07, 6.45) is 1.83. The topological polar surface area (TPSA) is 42.0 Å². The number of nitrogens with one attached hydrogen (secondary N) is 1. The Labute approximate surface area is 160 Å². The maximum absolute atomic E-state index is 11.8. The van der Waals surface area contributed by atoms with Crippen LogP contribution >= 0.6 is 34.5 Å². The number of halogens is 2. The van der Waals surface area contributed by atoms with E-state index in [1.807, 2.05) is 36.5 Å². The third-order valence-corrected chi connectivity index (χ3v) is 5.29. The van der Waals surface area contributed by atoms with Crippen LogP contribution in [0.3, 0.4) is 0 Å². The summed E-state index contributed by atoms with van der Waals surface area (Å²) in [4.78, 5) is 16.3. The van der Waals surface area contributed by atoms with Crippen molar-refractivity contribution >= 4 is 46.1 Å². The highest BCUT2D eigenvalue weighted by atomic mass is 35.5. The number of amides is 1. The number of hydrogen-bond donors (Lipinski definition) is 1. The van der Waals surface area contributed by atoms with Crippen LogP contribution in [-0.4, -0.2) is 15.7 Å². The maximum atomic E-state index is 11.8. The van der Waals surface area contributed by atoms with E-state index in [9.17, 15) is 4.79 Å². The molecular weight excluding hydrogens is 375 g/mol. The van der Waals surface area contributed by atoms with Gasteiger partial charge in [-0.25, -0.2) is 4.98 Å². The highest BCUT2D eigenvalue weighted by molar-refractivity contribution is 7.18. The zero-order valence-electron chi connectivity index (χ0n) is 13.7. The first-order valence-corrected chi connectivity index (χ1v) is 9.37. The molecule has 0 spiro atoms. The van der Waals surface area contributed by atoms with E-state index >= 15 is 0 Å². The number of benzene rings is 2. The minimum absolute atomic E-state index is 0.449. The predicted molar refractivity (Wildman–Crippen MR) is 107 cm³/mol. The molecule has 1 N–H and O–H groups in total. The van der Waals surface area contributed by atoms with Gasteiger partial charge < -0.3 is 5.32 Å². The molecule has 0 aliphatic heterocycles. The van der Waals surface area contributed by atoms with Crippen molar-refractivity contribution in [3.05, 3.63) is 59.8 Å². The maximum Gasteiger partial charge on any atom is 0.257 e. The van der Waals surface area contributed by atoms with Crippen molar-refractivity contribution in [3.8, 4) is 21.0 Å². The summed E-state index contributed by atoms with van der Waals surface area (Å²) in [5.41, 5.74) is 5.08. The smallest absolute Gasteiger partial charge is 0.257 e. The molecule has 0 saturated carbocycles. The zero-order chi connectivity index (χ0) is 18.0. The number of anilines is 1. The predicted octanol–water partition coefficient (Wildman–Crippen LogP) is 5.84. The van der Waals surface area contributed by atoms with Gasteiger partial charge in [-0.1, -0.05) is 59.6 Å². The van der Waals surface area contributed by atoms with Crippen molar-refractivity contribution in [2.24, 2.45) is 0 Å². The molecule has 2 aromatic carbocycles. The number of nitrogens with zero attached hydrogens (tertiary/aromatic N) is 1. The molecule has 0 saturated heterocycles. The Kier molecular flexibility index (Phi) is 5.42. The monoisotopic (exact) mass is 390 g/mol. The molecule has 3 nitrogen and oxygen atoms in total. The number of aromatic nitrogens is 1. The summed E-state index contributed by atoms with van der Waals surface area (Å²) >= 11 is 12.9. The highest BCUT2D eigenvalue weighted by Gasteiger charge is 2.16. The molecule has 3 rings (SSSR count). The van der Waals surface area contributed by atoms with Crippen LogP contribution in [0.25, 0.3) is 21.0 Å². The van der Waals surface area contributed by atoms with Crippen LogP contribution < -0.4 is 5.32 Å². The fourth-order valence-electron chi connectivity index (χ4n) is 2.66. The second kappa shape index (κ2) is 7.56. The van der Waals surface area contributed by atoms with Gasteiger partial charge in [0.2, 0.25) is 0 Å². The number of para-hydroxylation sites is 1. The second-order valence-electron chi connectivity index (χ2n) is 5.63. The van der Waals surface area contributed by atoms with Gasteiger partial charge in [0.25, 0.3) is 5.91 Å². The molecule has 0 bridgehead atoms. The summed E-state index contributed by atoms with van der Waals surface area (Å²) in [7, 11) is 0. The zero-order valence-corrected chi connectivity index (χ0v) is 16.0. The van der Waals surface area contributed by atoms with Gasteiger partial charge in [-0.3, -0.25) is 4.79 Å². The molecule has 0 unspecified atom stereocenters. The normalized spacial score (nSPS) is 10.9. The molecular formula is C19H16Cl2N2OS. The Morgan fingerprint density at radius 1 is 1.08 bits per heavy atom. The standard InChI is InChI=1S/C19H16Cl2N2OS/c1-11-6-5-7-12(2)16(11)19-22-10-15(25-19)13-8-3-4-9-14(13)23-18(24)17(20)21/h3-10,17H,1-2H3,(H,23,24). The average Bonchev–Trinajstić information content (AvgIpc) is 3.04. The Morgan fingerprint density at radius 2 is 1.76 bits per heavy atom. The number of carbonyl (C=O) groups excluding carboxylic acids is 1. The minimum atomic E-state index is -1.11. The van der Waals surface area contributed by atoms with Crippen molar-refractivity contribution in [1.29, 1.82) is 0 Å². The quantitative estimate of drug-likeness (QED) is 0.568. The molecule has 1 heterocycles. The van der Waals surface area contributed by atoms with Crippen molar-refractivity contribution in [2.75, 3.05) is 5.32 Å². The third kappa shape index (κ3) is 3.87. The average molecular weight is 391 g/mol. The minimum Gasteiger partial charge on any atom is -0.323 e. The fourth-order valence-corrected chi connectivity index (χ4v) is 3.90. The number of thiazole rings is 1. The Bertz CT molecular complexity index is 901. The molecule has 6 heteroatoms. The van der Waals surface area contributed by atoms with Gasteiger partial charge in [0, 0.05) is 23.0 Å². The molecule has 0 aliphatic rings. The van der Waals surface area contributed by atoms with Crippen LogP contribution in [0.5, 0.6) is 0 Å². The van der Waals surface area contributed by atoms with Gasteiger partial charge in [0.1, 0.15) is 5.01 Å². The third-order valence-electron chi connectivity index (χ3n) is 3.85. The molecule has 1 aromatic heterocycles. The largest absolute Gasteiger partial charge is 0.323 e. The number of carbonyl (C=O) groups is 1. The summed E-state index contributed by atoms with van der Waals surface area (Å²) < 4.78 is 0. The van der Waals surface area contributed by atoms with Crippen molar-refractivity contribution in [3.63, 3.8) is 0 Å². The molecule has 0 fully saturated rings. The molecule has 1 amide bonds. The Hall–Kier alpha value is -1.88. The van der Waals surface area contributed by atoms with Crippen LogP contribution in [0.2, 0.25) is 0 Å². The van der Waals surface area contributed by atoms with Gasteiger partial charge in [-0.15, -0.1) is 11.3 Å². The fraction of sp³-hybridized carbons (Fsp3) is 0.158. The number of hydrogen-bond acceptors (Lipinski definition) is 3. The second-order valence-corrected chi connectivity index (χ2v) is 7.76. The lowest BCUT2D eigenvalue weighted by atomic mass is 10.0. The summed E-state index contributed by atoms with van der Waals surface area (Å²) in [6, 6.07) is 13.7. The number of alkyl halides is 2. The molecule has 0 aliphatic carbocycles. The van der Waals surface area contributed by atoms with Crippen LogP contribution in [-0.2, 0) is 4.79 Å².